The van der Waals surface area contributed by atoms with E-state index in [0.717, 1.165) is 24.3 Å². The number of rotatable bonds is 4. The molecule has 9 heteroatoms. The van der Waals surface area contributed by atoms with Crippen LogP contribution >= 0.6 is 11.6 Å². The van der Waals surface area contributed by atoms with Gasteiger partial charge in [-0.15, -0.1) is 0 Å². The molecule has 140 valence electrons. The van der Waals surface area contributed by atoms with Gasteiger partial charge in [-0.1, -0.05) is 30.9 Å². The number of hydrazine groups is 1. The van der Waals surface area contributed by atoms with Crippen LogP contribution in [0.1, 0.15) is 42.5 Å². The van der Waals surface area contributed by atoms with E-state index in [4.69, 9.17) is 21.1 Å². The first-order valence-corrected chi connectivity index (χ1v) is 8.69. The number of urea groups is 1. The second-order valence-electron chi connectivity index (χ2n) is 6.35. The third-order valence-corrected chi connectivity index (χ3v) is 5.06. The van der Waals surface area contributed by atoms with Gasteiger partial charge in [0.2, 0.25) is 0 Å². The molecular formula is C17H20ClN3O5. The van der Waals surface area contributed by atoms with Gasteiger partial charge in [0, 0.05) is 5.56 Å². The largest absolute Gasteiger partial charge is 0.493 e. The number of imide groups is 1. The fourth-order valence-corrected chi connectivity index (χ4v) is 3.72. The fourth-order valence-electron chi connectivity index (χ4n) is 3.43. The van der Waals surface area contributed by atoms with Gasteiger partial charge in [0.25, 0.3) is 11.8 Å². The van der Waals surface area contributed by atoms with E-state index in [-0.39, 0.29) is 16.3 Å². The van der Waals surface area contributed by atoms with Gasteiger partial charge in [-0.3, -0.25) is 15.0 Å². The van der Waals surface area contributed by atoms with Crippen LogP contribution < -0.4 is 20.2 Å². The Balaban J connectivity index is 1.81. The molecule has 1 aromatic carbocycles. The van der Waals surface area contributed by atoms with Crippen LogP contribution in [0.25, 0.3) is 0 Å². The fraction of sp³-hybridized carbons (Fsp3) is 0.471. The highest BCUT2D eigenvalue weighted by atomic mass is 35.5. The van der Waals surface area contributed by atoms with Crippen molar-refractivity contribution in [2.45, 2.75) is 37.6 Å². The SMILES string of the molecule is COc1cc(C(=O)NN2C(=O)NC3(CCCCC3)C2=O)cc(Cl)c1OC. The Kier molecular flexibility index (Phi) is 4.95. The van der Waals surface area contributed by atoms with E-state index in [0.29, 0.717) is 18.6 Å². The minimum absolute atomic E-state index is 0.137. The highest BCUT2D eigenvalue weighted by Gasteiger charge is 2.52. The molecule has 1 saturated heterocycles. The van der Waals surface area contributed by atoms with Crippen LogP contribution in [0.4, 0.5) is 4.79 Å². The summed E-state index contributed by atoms with van der Waals surface area (Å²) in [5.74, 6) is -0.515. The molecule has 1 spiro atoms. The summed E-state index contributed by atoms with van der Waals surface area (Å²) < 4.78 is 10.3. The number of halogens is 1. The molecule has 8 nitrogen and oxygen atoms in total. The summed E-state index contributed by atoms with van der Waals surface area (Å²) in [6.45, 7) is 0. The lowest BCUT2D eigenvalue weighted by atomic mass is 9.82. The number of nitrogens with one attached hydrogen (secondary N) is 2. The quantitative estimate of drug-likeness (QED) is 0.780. The number of carbonyl (C=O) groups excluding carboxylic acids is 3. The van der Waals surface area contributed by atoms with Crippen molar-refractivity contribution in [1.29, 1.82) is 0 Å². The number of amides is 4. The van der Waals surface area contributed by atoms with Gasteiger partial charge in [0.05, 0.1) is 19.2 Å². The molecule has 1 heterocycles. The topological polar surface area (TPSA) is 97.0 Å². The van der Waals surface area contributed by atoms with Crippen molar-refractivity contribution in [1.82, 2.24) is 15.8 Å². The van der Waals surface area contributed by atoms with Crippen molar-refractivity contribution in [2.24, 2.45) is 0 Å². The maximum Gasteiger partial charge on any atom is 0.344 e. The van der Waals surface area contributed by atoms with Crippen molar-refractivity contribution in [3.63, 3.8) is 0 Å². The summed E-state index contributed by atoms with van der Waals surface area (Å²) >= 11 is 6.10. The first-order valence-electron chi connectivity index (χ1n) is 8.31. The van der Waals surface area contributed by atoms with Crippen molar-refractivity contribution in [3.05, 3.63) is 22.7 Å². The lowest BCUT2D eigenvalue weighted by molar-refractivity contribution is -0.134. The molecule has 2 N–H and O–H groups in total. The Hall–Kier alpha value is -2.48. The number of ether oxygens (including phenoxy) is 2. The minimum Gasteiger partial charge on any atom is -0.493 e. The number of hydrogen-bond donors (Lipinski definition) is 2. The summed E-state index contributed by atoms with van der Waals surface area (Å²) in [7, 11) is 2.85. The Morgan fingerprint density at radius 2 is 1.88 bits per heavy atom. The first kappa shape index (κ1) is 18.3. The van der Waals surface area contributed by atoms with Crippen LogP contribution in [0.3, 0.4) is 0 Å². The van der Waals surface area contributed by atoms with Gasteiger partial charge in [-0.2, -0.15) is 5.01 Å². The number of hydrogen-bond acceptors (Lipinski definition) is 5. The van der Waals surface area contributed by atoms with E-state index < -0.39 is 23.4 Å². The third kappa shape index (κ3) is 3.05. The van der Waals surface area contributed by atoms with Gasteiger partial charge in [-0.25, -0.2) is 4.79 Å². The zero-order valence-electron chi connectivity index (χ0n) is 14.6. The van der Waals surface area contributed by atoms with E-state index in [1.165, 1.54) is 26.4 Å². The molecule has 1 saturated carbocycles. The van der Waals surface area contributed by atoms with Crippen LogP contribution in [0.15, 0.2) is 12.1 Å². The van der Waals surface area contributed by atoms with Crippen LogP contribution in [0.2, 0.25) is 5.02 Å². The van der Waals surface area contributed by atoms with E-state index in [1.807, 2.05) is 0 Å². The highest BCUT2D eigenvalue weighted by Crippen LogP contribution is 2.36. The second kappa shape index (κ2) is 7.03. The van der Waals surface area contributed by atoms with Gasteiger partial charge in [-0.05, 0) is 25.0 Å². The normalized spacial score (nSPS) is 18.7. The summed E-state index contributed by atoms with van der Waals surface area (Å²) in [6.07, 6.45) is 3.90. The summed E-state index contributed by atoms with van der Waals surface area (Å²) in [4.78, 5) is 37.5. The zero-order valence-corrected chi connectivity index (χ0v) is 15.3. The van der Waals surface area contributed by atoms with E-state index in [2.05, 4.69) is 10.7 Å². The smallest absolute Gasteiger partial charge is 0.344 e. The second-order valence-corrected chi connectivity index (χ2v) is 6.76. The maximum absolute atomic E-state index is 12.7. The highest BCUT2D eigenvalue weighted by molar-refractivity contribution is 6.32. The molecule has 1 aliphatic carbocycles. The summed E-state index contributed by atoms with van der Waals surface area (Å²) in [5.41, 5.74) is 1.59. The molecule has 26 heavy (non-hydrogen) atoms. The monoisotopic (exact) mass is 381 g/mol. The summed E-state index contributed by atoms with van der Waals surface area (Å²) in [6, 6.07) is 2.18. The van der Waals surface area contributed by atoms with Crippen molar-refractivity contribution < 1.29 is 23.9 Å². The van der Waals surface area contributed by atoms with Crippen LogP contribution in [-0.2, 0) is 4.79 Å². The number of methoxy groups -OCH3 is 2. The molecular weight excluding hydrogens is 362 g/mol. The Morgan fingerprint density at radius 1 is 1.19 bits per heavy atom. The molecule has 2 fully saturated rings. The third-order valence-electron chi connectivity index (χ3n) is 4.78. The summed E-state index contributed by atoms with van der Waals surface area (Å²) in [5, 5.41) is 3.66. The average Bonchev–Trinajstić information content (AvgIpc) is 2.85. The predicted octanol–water partition coefficient (Wildman–Crippen LogP) is 2.26. The molecule has 0 unspecified atom stereocenters. The lowest BCUT2D eigenvalue weighted by Gasteiger charge is -2.30. The number of nitrogens with zero attached hydrogens (tertiary/aromatic N) is 1. The van der Waals surface area contributed by atoms with Gasteiger partial charge in [0.1, 0.15) is 5.54 Å². The average molecular weight is 382 g/mol. The van der Waals surface area contributed by atoms with Crippen molar-refractivity contribution in [2.75, 3.05) is 14.2 Å². The molecule has 4 amide bonds. The lowest BCUT2D eigenvalue weighted by Crippen LogP contribution is -2.50. The first-order chi connectivity index (χ1) is 12.4. The van der Waals surface area contributed by atoms with E-state index >= 15 is 0 Å². The number of carbonyl (C=O) groups is 3. The predicted molar refractivity (Wildman–Crippen MR) is 93.2 cm³/mol. The molecule has 0 radical (unpaired) electrons. The molecule has 0 atom stereocenters. The molecule has 0 bridgehead atoms. The van der Waals surface area contributed by atoms with Crippen molar-refractivity contribution >= 4 is 29.4 Å². The standard InChI is InChI=1S/C17H20ClN3O5/c1-25-12-9-10(8-11(18)13(12)26-2)14(22)20-21-15(23)17(19-16(21)24)6-4-3-5-7-17/h8-9H,3-7H2,1-2H3,(H,19,24)(H,20,22). The van der Waals surface area contributed by atoms with Crippen LogP contribution in [-0.4, -0.2) is 42.6 Å². The zero-order chi connectivity index (χ0) is 18.9. The molecule has 0 aromatic heterocycles. The van der Waals surface area contributed by atoms with Crippen LogP contribution in [0.5, 0.6) is 11.5 Å². The molecule has 2 aliphatic rings. The Labute approximate surface area is 155 Å². The number of benzene rings is 1. The van der Waals surface area contributed by atoms with Crippen LogP contribution in [0, 0.1) is 0 Å². The minimum atomic E-state index is -0.905. The molecule has 1 aromatic rings. The Morgan fingerprint density at radius 3 is 2.50 bits per heavy atom. The van der Waals surface area contributed by atoms with Crippen molar-refractivity contribution in [3.8, 4) is 11.5 Å². The van der Waals surface area contributed by atoms with E-state index in [9.17, 15) is 14.4 Å². The Bertz CT molecular complexity index is 761. The van der Waals surface area contributed by atoms with Gasteiger partial charge < -0.3 is 14.8 Å². The maximum atomic E-state index is 12.7. The molecule has 3 rings (SSSR count). The molecule has 1 aliphatic heterocycles. The van der Waals surface area contributed by atoms with E-state index in [1.54, 1.807) is 0 Å². The van der Waals surface area contributed by atoms with Gasteiger partial charge in [0.15, 0.2) is 11.5 Å². The van der Waals surface area contributed by atoms with Gasteiger partial charge >= 0.3 is 6.03 Å².